The Labute approximate surface area is 174 Å². The van der Waals surface area contributed by atoms with E-state index in [0.29, 0.717) is 6.42 Å². The van der Waals surface area contributed by atoms with Crippen LogP contribution in [0.3, 0.4) is 0 Å². The number of carbonyl (C=O) groups is 2. The van der Waals surface area contributed by atoms with Gasteiger partial charge in [-0.2, -0.15) is 10.2 Å². The molecule has 0 unspecified atom stereocenters. The van der Waals surface area contributed by atoms with Crippen molar-refractivity contribution in [2.45, 2.75) is 26.2 Å². The van der Waals surface area contributed by atoms with E-state index in [4.69, 9.17) is 8.83 Å². The Bertz CT molecular complexity index is 932. The first-order valence-corrected chi connectivity index (χ1v) is 8.96. The van der Waals surface area contributed by atoms with Crippen molar-refractivity contribution in [3.05, 3.63) is 56.0 Å². The Morgan fingerprint density at radius 1 is 0.968 bits per heavy atom. The summed E-state index contributed by atoms with van der Waals surface area (Å²) in [4.78, 5) is 44.4. The van der Waals surface area contributed by atoms with Gasteiger partial charge in [-0.05, 0) is 18.6 Å². The van der Waals surface area contributed by atoms with E-state index in [-0.39, 0.29) is 17.9 Å². The van der Waals surface area contributed by atoms with Crippen molar-refractivity contribution in [1.82, 2.24) is 10.9 Å². The largest absolute Gasteiger partial charge is 0.433 e. The molecule has 0 atom stereocenters. The third-order valence-corrected chi connectivity index (χ3v) is 3.80. The number of nitrogens with zero attached hydrogens (tertiary/aromatic N) is 4. The van der Waals surface area contributed by atoms with E-state index in [9.17, 15) is 29.8 Å². The summed E-state index contributed by atoms with van der Waals surface area (Å²) in [5.41, 5.74) is 4.36. The zero-order valence-electron chi connectivity index (χ0n) is 16.2. The van der Waals surface area contributed by atoms with E-state index < -0.39 is 39.3 Å². The summed E-state index contributed by atoms with van der Waals surface area (Å²) in [7, 11) is 0. The Balaban J connectivity index is 1.96. The van der Waals surface area contributed by atoms with Gasteiger partial charge < -0.3 is 8.83 Å². The number of hydrogen-bond donors (Lipinski definition) is 2. The fourth-order valence-electron chi connectivity index (χ4n) is 2.28. The Morgan fingerprint density at radius 3 is 1.77 bits per heavy atom. The van der Waals surface area contributed by atoms with Crippen LogP contribution in [-0.2, 0) is 9.59 Å². The second-order valence-electron chi connectivity index (χ2n) is 6.03. The van der Waals surface area contributed by atoms with Crippen molar-refractivity contribution in [3.63, 3.8) is 0 Å². The van der Waals surface area contributed by atoms with Crippen LogP contribution < -0.4 is 10.9 Å². The van der Waals surface area contributed by atoms with Crippen LogP contribution in [0, 0.1) is 26.1 Å². The number of hydrazone groups is 2. The molecule has 0 saturated carbocycles. The van der Waals surface area contributed by atoms with Crippen molar-refractivity contribution in [2.24, 2.45) is 16.1 Å². The van der Waals surface area contributed by atoms with Crippen LogP contribution in [0.2, 0.25) is 0 Å². The quantitative estimate of drug-likeness (QED) is 0.232. The number of rotatable bonds is 11. The molecule has 14 nitrogen and oxygen atoms in total. The van der Waals surface area contributed by atoms with Gasteiger partial charge in [0.2, 0.25) is 0 Å². The smallest absolute Gasteiger partial charge is 0.400 e. The van der Waals surface area contributed by atoms with Crippen LogP contribution >= 0.6 is 0 Å². The molecule has 2 N–H and O–H groups in total. The van der Waals surface area contributed by atoms with Gasteiger partial charge in [0.05, 0.1) is 24.6 Å². The van der Waals surface area contributed by atoms with Crippen LogP contribution in [0.15, 0.2) is 43.3 Å². The molecule has 0 saturated heterocycles. The number of unbranched alkanes of at least 4 members (excludes halogenated alkanes) is 1. The van der Waals surface area contributed by atoms with Gasteiger partial charge in [0, 0.05) is 0 Å². The SMILES string of the molecule is CCCCC(C(=O)NN=Cc1ccc([N+](=O)[O-])o1)C(=O)NN=Cc1ccc([N+](=O)[O-])o1. The van der Waals surface area contributed by atoms with E-state index in [0.717, 1.165) is 31.0 Å². The molecule has 2 heterocycles. The molecule has 0 aliphatic heterocycles. The lowest BCUT2D eigenvalue weighted by Crippen LogP contribution is -2.38. The number of furan rings is 2. The number of nitro groups is 2. The van der Waals surface area contributed by atoms with Gasteiger partial charge in [-0.1, -0.05) is 19.8 Å². The maximum Gasteiger partial charge on any atom is 0.433 e. The standard InChI is InChI=1S/C17H18N6O8/c1-2-3-4-13(16(24)20-18-9-11-5-7-14(30-11)22(26)27)17(25)21-19-10-12-6-8-15(31-12)23(28)29/h5-10,13H,2-4H2,1H3,(H,20,24)(H,21,25). The normalized spacial score (nSPS) is 12.2. The van der Waals surface area contributed by atoms with Crippen molar-refractivity contribution in [2.75, 3.05) is 0 Å². The number of amides is 2. The van der Waals surface area contributed by atoms with E-state index in [1.54, 1.807) is 0 Å². The van der Waals surface area contributed by atoms with Crippen LogP contribution in [0.4, 0.5) is 11.8 Å². The van der Waals surface area contributed by atoms with Crippen molar-refractivity contribution >= 4 is 36.0 Å². The fourth-order valence-corrected chi connectivity index (χ4v) is 2.28. The monoisotopic (exact) mass is 434 g/mol. The first-order chi connectivity index (χ1) is 14.8. The van der Waals surface area contributed by atoms with Gasteiger partial charge in [-0.25, -0.2) is 10.9 Å². The molecule has 0 aromatic carbocycles. The van der Waals surface area contributed by atoms with Gasteiger partial charge in [-0.15, -0.1) is 0 Å². The third-order valence-electron chi connectivity index (χ3n) is 3.80. The molecular weight excluding hydrogens is 416 g/mol. The molecule has 2 aromatic heterocycles. The van der Waals surface area contributed by atoms with Gasteiger partial charge in [0.25, 0.3) is 11.8 Å². The minimum absolute atomic E-state index is 0.0405. The topological polar surface area (TPSA) is 195 Å². The number of carbonyl (C=O) groups excluding carboxylic acids is 2. The fraction of sp³-hybridized carbons (Fsp3) is 0.294. The Hall–Kier alpha value is -4.36. The maximum atomic E-state index is 12.3. The van der Waals surface area contributed by atoms with Crippen molar-refractivity contribution < 1.29 is 28.3 Å². The first kappa shape index (κ1) is 22.9. The Morgan fingerprint density at radius 2 is 1.42 bits per heavy atom. The zero-order chi connectivity index (χ0) is 22.8. The molecule has 2 amide bonds. The highest BCUT2D eigenvalue weighted by atomic mass is 16.7. The molecule has 0 fully saturated rings. The second kappa shape index (κ2) is 11.0. The molecule has 0 radical (unpaired) electrons. The molecular formula is C17H18N6O8. The van der Waals surface area contributed by atoms with Gasteiger partial charge in [0.1, 0.15) is 15.8 Å². The molecule has 14 heteroatoms. The van der Waals surface area contributed by atoms with Crippen molar-refractivity contribution in [1.29, 1.82) is 0 Å². The number of hydrogen-bond acceptors (Lipinski definition) is 10. The highest BCUT2D eigenvalue weighted by Crippen LogP contribution is 2.15. The van der Waals surface area contributed by atoms with Crippen LogP contribution in [0.1, 0.15) is 37.7 Å². The van der Waals surface area contributed by atoms with Crippen LogP contribution in [-0.4, -0.2) is 34.1 Å². The molecule has 0 spiro atoms. The van der Waals surface area contributed by atoms with Crippen LogP contribution in [0.25, 0.3) is 0 Å². The minimum Gasteiger partial charge on any atom is -0.400 e. The summed E-state index contributed by atoms with van der Waals surface area (Å²) in [5, 5.41) is 28.4. The highest BCUT2D eigenvalue weighted by Gasteiger charge is 2.26. The first-order valence-electron chi connectivity index (χ1n) is 8.96. The lowest BCUT2D eigenvalue weighted by atomic mass is 10.0. The average molecular weight is 434 g/mol. The number of nitrogens with one attached hydrogen (secondary N) is 2. The molecule has 0 bridgehead atoms. The lowest BCUT2D eigenvalue weighted by molar-refractivity contribution is -0.402. The average Bonchev–Trinajstić information content (AvgIpc) is 3.38. The molecule has 0 aliphatic carbocycles. The van der Waals surface area contributed by atoms with E-state index in [2.05, 4.69) is 21.1 Å². The molecule has 164 valence electrons. The third kappa shape index (κ3) is 6.88. The molecule has 31 heavy (non-hydrogen) atoms. The maximum absolute atomic E-state index is 12.3. The van der Waals surface area contributed by atoms with E-state index in [1.165, 1.54) is 12.1 Å². The predicted molar refractivity (Wildman–Crippen MR) is 105 cm³/mol. The van der Waals surface area contributed by atoms with Gasteiger partial charge in [-0.3, -0.25) is 29.8 Å². The summed E-state index contributed by atoms with van der Waals surface area (Å²) >= 11 is 0. The minimum atomic E-state index is -1.12. The van der Waals surface area contributed by atoms with Gasteiger partial charge >= 0.3 is 11.8 Å². The predicted octanol–water partition coefficient (Wildman–Crippen LogP) is 2.10. The summed E-state index contributed by atoms with van der Waals surface area (Å²) in [6.07, 6.45) is 3.64. The van der Waals surface area contributed by atoms with E-state index in [1.807, 2.05) is 6.92 Å². The van der Waals surface area contributed by atoms with Gasteiger partial charge in [0.15, 0.2) is 11.5 Å². The molecule has 2 rings (SSSR count). The summed E-state index contributed by atoms with van der Waals surface area (Å²) < 4.78 is 9.72. The summed E-state index contributed by atoms with van der Waals surface area (Å²) in [5.74, 6) is -3.43. The summed E-state index contributed by atoms with van der Waals surface area (Å²) in [6, 6.07) is 4.85. The van der Waals surface area contributed by atoms with Crippen molar-refractivity contribution in [3.8, 4) is 0 Å². The molecule has 0 aliphatic rings. The zero-order valence-corrected chi connectivity index (χ0v) is 16.2. The van der Waals surface area contributed by atoms with E-state index >= 15 is 0 Å². The highest BCUT2D eigenvalue weighted by molar-refractivity contribution is 6.00. The lowest BCUT2D eigenvalue weighted by Gasteiger charge is -2.12. The van der Waals surface area contributed by atoms with Crippen LogP contribution in [0.5, 0.6) is 0 Å². The Kier molecular flexibility index (Phi) is 8.13. The summed E-state index contributed by atoms with van der Waals surface area (Å²) in [6.45, 7) is 1.89. The molecule has 2 aromatic rings. The second-order valence-corrected chi connectivity index (χ2v) is 6.03.